The molecular weight excluding hydrogens is 473 g/mol. The second kappa shape index (κ2) is 9.34. The number of carbonyl (C=O) groups is 2. The Labute approximate surface area is 206 Å². The van der Waals surface area contributed by atoms with Gasteiger partial charge in [-0.1, -0.05) is 17.7 Å². The van der Waals surface area contributed by atoms with Crippen LogP contribution in [-0.4, -0.2) is 39.2 Å². The van der Waals surface area contributed by atoms with Gasteiger partial charge >= 0.3 is 6.09 Å². The van der Waals surface area contributed by atoms with Gasteiger partial charge in [0.15, 0.2) is 17.3 Å². The number of pyridine rings is 1. The zero-order valence-corrected chi connectivity index (χ0v) is 19.6. The number of hydrogen-bond acceptors (Lipinski definition) is 5. The Kier molecular flexibility index (Phi) is 6.23. The van der Waals surface area contributed by atoms with E-state index in [1.54, 1.807) is 12.3 Å². The van der Waals surface area contributed by atoms with Crippen LogP contribution in [0.5, 0.6) is 5.75 Å². The second-order valence-corrected chi connectivity index (χ2v) is 9.76. The van der Waals surface area contributed by atoms with E-state index in [1.165, 1.54) is 12.1 Å². The number of halogens is 2. The van der Waals surface area contributed by atoms with E-state index >= 15 is 0 Å². The molecule has 9 heteroatoms. The van der Waals surface area contributed by atoms with Gasteiger partial charge in [-0.05, 0) is 73.9 Å². The van der Waals surface area contributed by atoms with Gasteiger partial charge in [-0.3, -0.25) is 9.78 Å². The van der Waals surface area contributed by atoms with Gasteiger partial charge < -0.3 is 20.8 Å². The van der Waals surface area contributed by atoms with Gasteiger partial charge in [0.25, 0.3) is 0 Å². The third-order valence-corrected chi connectivity index (χ3v) is 7.12. The first-order chi connectivity index (χ1) is 16.8. The molecule has 5 rings (SSSR count). The van der Waals surface area contributed by atoms with Gasteiger partial charge in [-0.2, -0.15) is 0 Å². The lowest BCUT2D eigenvalue weighted by molar-refractivity contribution is 0.0968. The summed E-state index contributed by atoms with van der Waals surface area (Å²) < 4.78 is 14.2. The van der Waals surface area contributed by atoms with Crippen molar-refractivity contribution in [3.8, 4) is 16.9 Å². The Morgan fingerprint density at radius 2 is 1.71 bits per heavy atom. The fraction of sp³-hybridized carbons (Fsp3) is 0.346. The van der Waals surface area contributed by atoms with Crippen molar-refractivity contribution >= 4 is 40.1 Å². The molecule has 0 unspecified atom stereocenters. The molecule has 35 heavy (non-hydrogen) atoms. The lowest BCUT2D eigenvalue weighted by Crippen LogP contribution is -2.39. The number of anilines is 1. The monoisotopic (exact) mass is 497 g/mol. The number of amides is 1. The summed E-state index contributed by atoms with van der Waals surface area (Å²) in [6.07, 6.45) is 5.26. The molecule has 2 fully saturated rings. The van der Waals surface area contributed by atoms with Crippen LogP contribution in [0.2, 0.25) is 5.02 Å². The van der Waals surface area contributed by atoms with Crippen LogP contribution in [0.15, 0.2) is 36.5 Å². The van der Waals surface area contributed by atoms with Crippen LogP contribution in [0.1, 0.15) is 48.9 Å². The summed E-state index contributed by atoms with van der Waals surface area (Å²) in [6, 6.07) is 8.18. The smallest absolute Gasteiger partial charge is 0.404 e. The van der Waals surface area contributed by atoms with Crippen molar-refractivity contribution in [2.24, 2.45) is 5.92 Å². The molecule has 2 aliphatic carbocycles. The van der Waals surface area contributed by atoms with Crippen molar-refractivity contribution in [1.82, 2.24) is 10.3 Å². The summed E-state index contributed by atoms with van der Waals surface area (Å²) in [6.45, 7) is 0. The van der Waals surface area contributed by atoms with Crippen molar-refractivity contribution in [3.63, 3.8) is 0 Å². The lowest BCUT2D eigenvalue weighted by atomic mass is 9.90. The Balaban J connectivity index is 1.53. The number of phenols is 1. The molecule has 0 aliphatic heterocycles. The van der Waals surface area contributed by atoms with Crippen molar-refractivity contribution in [2.45, 2.75) is 50.6 Å². The maximum atomic E-state index is 14.2. The Hall–Kier alpha value is -3.39. The first kappa shape index (κ1) is 23.4. The van der Waals surface area contributed by atoms with Crippen LogP contribution in [-0.2, 0) is 0 Å². The number of benzene rings is 2. The second-order valence-electron chi connectivity index (χ2n) is 9.35. The minimum absolute atomic E-state index is 0.0125. The molecule has 4 N–H and O–H groups in total. The number of rotatable bonds is 6. The average molecular weight is 498 g/mol. The molecule has 1 aromatic heterocycles. The van der Waals surface area contributed by atoms with Crippen molar-refractivity contribution in [3.05, 3.63) is 52.9 Å². The lowest BCUT2D eigenvalue weighted by Gasteiger charge is -2.30. The minimum atomic E-state index is -1.02. The molecule has 1 amide bonds. The molecule has 2 saturated carbocycles. The van der Waals surface area contributed by atoms with E-state index in [-0.39, 0.29) is 28.8 Å². The van der Waals surface area contributed by atoms with Crippen LogP contribution in [0.25, 0.3) is 22.0 Å². The number of carboxylic acid groups (broad SMARTS) is 1. The molecule has 2 aromatic carbocycles. The number of nitrogens with one attached hydrogen (secondary N) is 2. The molecule has 1 heterocycles. The van der Waals surface area contributed by atoms with Crippen molar-refractivity contribution in [2.75, 3.05) is 5.32 Å². The van der Waals surface area contributed by atoms with Crippen LogP contribution in [0.3, 0.4) is 0 Å². The van der Waals surface area contributed by atoms with E-state index in [4.69, 9.17) is 16.7 Å². The zero-order chi connectivity index (χ0) is 24.7. The SMILES string of the molecule is O=C(O)NC1CCC(Nc2c(C(=O)C3CC3)cnc3ccc(-c4cc(F)c(O)c(Cl)c4)cc23)CC1. The predicted molar refractivity (Wildman–Crippen MR) is 132 cm³/mol. The molecule has 0 atom stereocenters. The molecule has 0 spiro atoms. The van der Waals surface area contributed by atoms with Crippen LogP contribution in [0.4, 0.5) is 14.9 Å². The summed E-state index contributed by atoms with van der Waals surface area (Å²) in [7, 11) is 0. The fourth-order valence-corrected chi connectivity index (χ4v) is 4.98. The van der Waals surface area contributed by atoms with E-state index in [0.717, 1.165) is 31.1 Å². The summed E-state index contributed by atoms with van der Waals surface area (Å²) in [5.74, 6) is -1.33. The zero-order valence-electron chi connectivity index (χ0n) is 18.9. The van der Waals surface area contributed by atoms with Gasteiger partial charge in [0, 0.05) is 29.6 Å². The van der Waals surface area contributed by atoms with Gasteiger partial charge in [0.2, 0.25) is 0 Å². The summed E-state index contributed by atoms with van der Waals surface area (Å²) in [5.41, 5.74) is 3.10. The Morgan fingerprint density at radius 3 is 2.37 bits per heavy atom. The number of nitrogens with zero attached hydrogens (tertiary/aromatic N) is 1. The minimum Gasteiger partial charge on any atom is -0.504 e. The molecule has 0 bridgehead atoms. The number of Topliss-reactive ketones (excluding diaryl/α,β-unsaturated/α-hetero) is 1. The van der Waals surface area contributed by atoms with E-state index in [9.17, 15) is 19.1 Å². The molecule has 0 saturated heterocycles. The highest BCUT2D eigenvalue weighted by Gasteiger charge is 2.33. The van der Waals surface area contributed by atoms with Crippen LogP contribution < -0.4 is 10.6 Å². The number of ketones is 1. The Bertz CT molecular complexity index is 1300. The standard InChI is InChI=1S/C26H25ClFN3O4/c27-20-10-15(11-21(28)25(20)33)14-3-8-22-18(9-14)23(19(12-29-22)24(32)13-1-2-13)30-16-4-6-17(7-5-16)31-26(34)35/h3,8-13,16-17,31,33H,1-2,4-7H2,(H,29,30)(H,34,35). The van der Waals surface area contributed by atoms with Crippen LogP contribution in [0, 0.1) is 11.7 Å². The van der Waals surface area contributed by atoms with E-state index < -0.39 is 17.7 Å². The van der Waals surface area contributed by atoms with Crippen molar-refractivity contribution in [1.29, 1.82) is 0 Å². The van der Waals surface area contributed by atoms with E-state index in [1.807, 2.05) is 12.1 Å². The van der Waals surface area contributed by atoms with E-state index in [0.29, 0.717) is 40.7 Å². The molecule has 182 valence electrons. The quantitative estimate of drug-likeness (QED) is 0.311. The number of fused-ring (bicyclic) bond motifs is 1. The Morgan fingerprint density at radius 1 is 1.00 bits per heavy atom. The maximum absolute atomic E-state index is 14.2. The molecular formula is C26H25ClFN3O4. The average Bonchev–Trinajstić information content (AvgIpc) is 3.68. The van der Waals surface area contributed by atoms with Gasteiger partial charge in [-0.15, -0.1) is 0 Å². The number of carbonyl (C=O) groups excluding carboxylic acids is 1. The normalized spacial score (nSPS) is 19.9. The van der Waals surface area contributed by atoms with Crippen LogP contribution >= 0.6 is 11.6 Å². The highest BCUT2D eigenvalue weighted by atomic mass is 35.5. The summed E-state index contributed by atoms with van der Waals surface area (Å²) in [4.78, 5) is 28.6. The molecule has 0 radical (unpaired) electrons. The van der Waals surface area contributed by atoms with E-state index in [2.05, 4.69) is 15.6 Å². The first-order valence-corrected chi connectivity index (χ1v) is 12.1. The fourth-order valence-electron chi connectivity index (χ4n) is 4.77. The number of hydrogen-bond donors (Lipinski definition) is 4. The molecule has 3 aromatic rings. The first-order valence-electron chi connectivity index (χ1n) is 11.7. The maximum Gasteiger partial charge on any atom is 0.404 e. The third-order valence-electron chi connectivity index (χ3n) is 6.84. The number of aromatic nitrogens is 1. The predicted octanol–water partition coefficient (Wildman–Crippen LogP) is 5.98. The summed E-state index contributed by atoms with van der Waals surface area (Å²) in [5, 5.41) is 25.5. The van der Waals surface area contributed by atoms with Gasteiger partial charge in [-0.25, -0.2) is 9.18 Å². The third kappa shape index (κ3) is 4.89. The number of aromatic hydroxyl groups is 1. The highest BCUT2D eigenvalue weighted by molar-refractivity contribution is 6.32. The largest absolute Gasteiger partial charge is 0.504 e. The summed E-state index contributed by atoms with van der Waals surface area (Å²) >= 11 is 6.00. The van der Waals surface area contributed by atoms with Crippen molar-refractivity contribution < 1.29 is 24.2 Å². The highest BCUT2D eigenvalue weighted by Crippen LogP contribution is 2.39. The molecule has 7 nitrogen and oxygen atoms in total. The topological polar surface area (TPSA) is 112 Å². The van der Waals surface area contributed by atoms with Gasteiger partial charge in [0.1, 0.15) is 0 Å². The van der Waals surface area contributed by atoms with Gasteiger partial charge in [0.05, 0.1) is 21.8 Å². The number of phenolic OH excluding ortho intramolecular Hbond substituents is 1. The molecule has 2 aliphatic rings.